The van der Waals surface area contributed by atoms with Crippen LogP contribution < -0.4 is 4.90 Å². The van der Waals surface area contributed by atoms with E-state index in [0.717, 1.165) is 68.3 Å². The summed E-state index contributed by atoms with van der Waals surface area (Å²) in [7, 11) is 2.16. The van der Waals surface area contributed by atoms with Crippen molar-refractivity contribution in [2.45, 2.75) is 25.8 Å². The number of aromatic nitrogens is 1. The Morgan fingerprint density at radius 1 is 0.938 bits per heavy atom. The zero-order valence-electron chi connectivity index (χ0n) is 18.7. The van der Waals surface area contributed by atoms with Crippen molar-refractivity contribution < 1.29 is 9.21 Å². The first-order valence-corrected chi connectivity index (χ1v) is 11.5. The van der Waals surface area contributed by atoms with E-state index < -0.39 is 0 Å². The minimum atomic E-state index is 0.0643. The maximum Gasteiger partial charge on any atom is 0.254 e. The van der Waals surface area contributed by atoms with Crippen LogP contribution in [0.5, 0.6) is 0 Å². The highest BCUT2D eigenvalue weighted by atomic mass is 16.4. The first-order chi connectivity index (χ1) is 15.7. The number of anilines is 1. The van der Waals surface area contributed by atoms with Crippen LogP contribution in [0.2, 0.25) is 0 Å². The van der Waals surface area contributed by atoms with Crippen LogP contribution in [-0.4, -0.2) is 60.5 Å². The summed E-state index contributed by atoms with van der Waals surface area (Å²) in [6.45, 7) is 5.38. The number of oxazole rings is 1. The van der Waals surface area contributed by atoms with E-state index >= 15 is 0 Å². The number of amides is 1. The summed E-state index contributed by atoms with van der Waals surface area (Å²) < 4.78 is 5.99. The zero-order valence-corrected chi connectivity index (χ0v) is 18.7. The Kier molecular flexibility index (Phi) is 5.95. The maximum absolute atomic E-state index is 13.1. The van der Waals surface area contributed by atoms with Crippen LogP contribution in [0.15, 0.2) is 59.0 Å². The fraction of sp³-hybridized carbons (Fsp3) is 0.385. The summed E-state index contributed by atoms with van der Waals surface area (Å²) >= 11 is 0. The summed E-state index contributed by atoms with van der Waals surface area (Å²) in [6, 6.07) is 18.4. The number of fused-ring (bicyclic) bond motifs is 1. The van der Waals surface area contributed by atoms with Gasteiger partial charge in [-0.25, -0.2) is 4.98 Å². The lowest BCUT2D eigenvalue weighted by molar-refractivity contribution is 0.0728. The van der Waals surface area contributed by atoms with Crippen molar-refractivity contribution in [2.24, 2.45) is 0 Å². The van der Waals surface area contributed by atoms with Gasteiger partial charge >= 0.3 is 0 Å². The Labute approximate surface area is 189 Å². The third kappa shape index (κ3) is 4.55. The zero-order chi connectivity index (χ0) is 21.9. The Bertz CT molecular complexity index is 1050. The van der Waals surface area contributed by atoms with Crippen LogP contribution in [0, 0.1) is 0 Å². The van der Waals surface area contributed by atoms with Crippen LogP contribution in [0.4, 0.5) is 5.69 Å². The summed E-state index contributed by atoms with van der Waals surface area (Å²) in [6.07, 6.45) is 2.40. The van der Waals surface area contributed by atoms with Gasteiger partial charge in [0, 0.05) is 56.8 Å². The minimum absolute atomic E-state index is 0.0643. The number of aryl methyl sites for hydroxylation is 2. The van der Waals surface area contributed by atoms with Gasteiger partial charge < -0.3 is 19.1 Å². The Balaban J connectivity index is 1.20. The molecule has 0 bridgehead atoms. The van der Waals surface area contributed by atoms with Crippen molar-refractivity contribution in [1.29, 1.82) is 0 Å². The fourth-order valence-corrected chi connectivity index (χ4v) is 4.49. The van der Waals surface area contributed by atoms with Gasteiger partial charge in [0.15, 0.2) is 5.89 Å². The average molecular weight is 431 g/mol. The van der Waals surface area contributed by atoms with Gasteiger partial charge in [0.25, 0.3) is 5.91 Å². The number of piperazine rings is 1. The predicted octanol–water partition coefficient (Wildman–Crippen LogP) is 3.41. The van der Waals surface area contributed by atoms with Crippen molar-refractivity contribution in [3.63, 3.8) is 0 Å². The van der Waals surface area contributed by atoms with Crippen LogP contribution in [-0.2, 0) is 25.8 Å². The molecule has 0 N–H and O–H groups in total. The summed E-state index contributed by atoms with van der Waals surface area (Å²) in [4.78, 5) is 24.4. The summed E-state index contributed by atoms with van der Waals surface area (Å²) in [5.74, 6) is 1.77. The van der Waals surface area contributed by atoms with Crippen molar-refractivity contribution in [3.8, 4) is 0 Å². The van der Waals surface area contributed by atoms with E-state index in [1.54, 1.807) is 0 Å². The van der Waals surface area contributed by atoms with E-state index in [-0.39, 0.29) is 5.91 Å². The highest BCUT2D eigenvalue weighted by Crippen LogP contribution is 2.23. The Morgan fingerprint density at radius 3 is 2.44 bits per heavy atom. The molecule has 0 spiro atoms. The number of rotatable bonds is 5. The molecule has 6 heteroatoms. The molecule has 1 amide bonds. The van der Waals surface area contributed by atoms with E-state index in [9.17, 15) is 4.79 Å². The normalized spacial score (nSPS) is 16.8. The number of carbonyl (C=O) groups excluding carboxylic acids is 1. The highest BCUT2D eigenvalue weighted by Gasteiger charge is 2.26. The maximum atomic E-state index is 13.1. The molecule has 6 nitrogen and oxygen atoms in total. The van der Waals surface area contributed by atoms with Gasteiger partial charge in [-0.15, -0.1) is 0 Å². The van der Waals surface area contributed by atoms with Gasteiger partial charge in [0.05, 0.1) is 6.54 Å². The molecule has 2 aliphatic rings. The molecule has 2 aliphatic heterocycles. The molecule has 0 atom stereocenters. The van der Waals surface area contributed by atoms with Crippen LogP contribution in [0.3, 0.4) is 0 Å². The lowest BCUT2D eigenvalue weighted by Crippen LogP contribution is -2.44. The molecular weight excluding hydrogens is 400 g/mol. The van der Waals surface area contributed by atoms with Crippen molar-refractivity contribution >= 4 is 11.6 Å². The average Bonchev–Trinajstić information content (AvgIpc) is 3.26. The van der Waals surface area contributed by atoms with Gasteiger partial charge in [-0.3, -0.25) is 4.79 Å². The molecule has 0 saturated carbocycles. The molecule has 0 aliphatic carbocycles. The molecule has 0 unspecified atom stereocenters. The predicted molar refractivity (Wildman–Crippen MR) is 125 cm³/mol. The molecule has 166 valence electrons. The summed E-state index contributed by atoms with van der Waals surface area (Å²) in [5.41, 5.74) is 4.11. The van der Waals surface area contributed by atoms with E-state index in [2.05, 4.69) is 53.2 Å². The van der Waals surface area contributed by atoms with Gasteiger partial charge in [0.2, 0.25) is 0 Å². The number of hydrogen-bond acceptors (Lipinski definition) is 5. The van der Waals surface area contributed by atoms with Crippen molar-refractivity contribution in [2.75, 3.05) is 44.7 Å². The highest BCUT2D eigenvalue weighted by molar-refractivity contribution is 5.94. The van der Waals surface area contributed by atoms with E-state index in [0.29, 0.717) is 13.1 Å². The number of benzene rings is 2. The van der Waals surface area contributed by atoms with Crippen molar-refractivity contribution in [3.05, 3.63) is 83.1 Å². The second-order valence-electron chi connectivity index (χ2n) is 8.78. The third-order valence-electron chi connectivity index (χ3n) is 6.51. The van der Waals surface area contributed by atoms with Gasteiger partial charge in [-0.2, -0.15) is 0 Å². The molecule has 3 aromatic rings. The largest absolute Gasteiger partial charge is 0.445 e. The third-order valence-corrected chi connectivity index (χ3v) is 6.51. The van der Waals surface area contributed by atoms with Gasteiger partial charge in [0.1, 0.15) is 11.5 Å². The molecular formula is C26H30N4O2. The molecule has 2 aromatic carbocycles. The standard InChI is InChI=1S/C26H30N4O2/c1-28-15-17-29(18-16-28)22-10-8-21(9-11-22)26(31)30-14-13-24-23(19-30)27-25(32-24)12-7-20-5-3-2-4-6-20/h2-6,8-11H,7,12-19H2,1H3. The smallest absolute Gasteiger partial charge is 0.254 e. The lowest BCUT2D eigenvalue weighted by Gasteiger charge is -2.34. The van der Waals surface area contributed by atoms with E-state index in [4.69, 9.17) is 9.40 Å². The molecule has 1 aromatic heterocycles. The quantitative estimate of drug-likeness (QED) is 0.621. The van der Waals surface area contributed by atoms with Gasteiger partial charge in [-0.1, -0.05) is 30.3 Å². The van der Waals surface area contributed by atoms with Crippen LogP contribution >= 0.6 is 0 Å². The number of carbonyl (C=O) groups is 1. The van der Waals surface area contributed by atoms with E-state index in [1.165, 1.54) is 11.3 Å². The van der Waals surface area contributed by atoms with Crippen LogP contribution in [0.25, 0.3) is 0 Å². The number of likely N-dealkylation sites (N-methyl/N-ethyl adjacent to an activating group) is 1. The van der Waals surface area contributed by atoms with Gasteiger partial charge in [-0.05, 0) is 43.3 Å². The Hall–Kier alpha value is -3.12. The first-order valence-electron chi connectivity index (χ1n) is 11.5. The van der Waals surface area contributed by atoms with Crippen LogP contribution in [0.1, 0.15) is 33.3 Å². The minimum Gasteiger partial charge on any atom is -0.445 e. The molecule has 3 heterocycles. The van der Waals surface area contributed by atoms with Crippen molar-refractivity contribution in [1.82, 2.24) is 14.8 Å². The molecule has 5 rings (SSSR count). The topological polar surface area (TPSA) is 52.8 Å². The monoisotopic (exact) mass is 430 g/mol. The molecule has 0 radical (unpaired) electrons. The molecule has 1 fully saturated rings. The molecule has 32 heavy (non-hydrogen) atoms. The summed E-state index contributed by atoms with van der Waals surface area (Å²) in [5, 5.41) is 0. The number of hydrogen-bond donors (Lipinski definition) is 0. The fourth-order valence-electron chi connectivity index (χ4n) is 4.49. The Morgan fingerprint density at radius 2 is 1.69 bits per heavy atom. The van der Waals surface area contributed by atoms with E-state index in [1.807, 2.05) is 23.1 Å². The SMILES string of the molecule is CN1CCN(c2ccc(C(=O)N3CCc4oc(CCc5ccccc5)nc4C3)cc2)CC1. The second kappa shape index (κ2) is 9.17. The number of nitrogens with zero attached hydrogens (tertiary/aromatic N) is 4. The lowest BCUT2D eigenvalue weighted by atomic mass is 10.1. The first kappa shape index (κ1) is 20.8. The second-order valence-corrected chi connectivity index (χ2v) is 8.78. The molecule has 1 saturated heterocycles.